The summed E-state index contributed by atoms with van der Waals surface area (Å²) in [5.41, 5.74) is -0.705. The second-order valence-electron chi connectivity index (χ2n) is 4.86. The molecule has 1 aliphatic carbocycles. The van der Waals surface area contributed by atoms with E-state index in [9.17, 15) is 14.4 Å². The molecule has 1 heterocycles. The third kappa shape index (κ3) is 2.06. The van der Waals surface area contributed by atoms with Crippen molar-refractivity contribution in [2.24, 2.45) is 0 Å². The monoisotopic (exact) mass is 238 g/mol. The summed E-state index contributed by atoms with van der Waals surface area (Å²) in [5.74, 6) is -0.287. The molecule has 2 fully saturated rings. The Hall–Kier alpha value is -1.39. The minimum absolute atomic E-state index is 0.0804. The number of nitrogens with one attached hydrogen (secondary N) is 1. The Bertz CT molecular complexity index is 359. The van der Waals surface area contributed by atoms with E-state index in [1.807, 2.05) is 0 Å². The van der Waals surface area contributed by atoms with E-state index < -0.39 is 11.6 Å². The molecule has 0 atom stereocenters. The molecule has 0 radical (unpaired) electrons. The third-order valence-corrected chi connectivity index (χ3v) is 3.68. The molecule has 0 aromatic heterocycles. The number of hydrogen-bond acceptors (Lipinski definition) is 3. The Balaban J connectivity index is 2.13. The van der Waals surface area contributed by atoms with Gasteiger partial charge in [-0.1, -0.05) is 26.2 Å². The second kappa shape index (κ2) is 4.47. The number of imide groups is 1. The summed E-state index contributed by atoms with van der Waals surface area (Å²) in [6.45, 7) is 1.65. The highest BCUT2D eigenvalue weighted by atomic mass is 16.2. The molecule has 1 saturated heterocycles. The number of carbonyl (C=O) groups excluding carboxylic acids is 3. The van der Waals surface area contributed by atoms with Crippen LogP contribution in [0.1, 0.15) is 45.4 Å². The van der Waals surface area contributed by atoms with E-state index in [1.165, 1.54) is 0 Å². The lowest BCUT2D eigenvalue weighted by atomic mass is 9.82. The molecular formula is C12H18N2O3. The van der Waals surface area contributed by atoms with Crippen LogP contribution >= 0.6 is 0 Å². The number of rotatable bonds is 3. The highest BCUT2D eigenvalue weighted by Gasteiger charge is 2.51. The van der Waals surface area contributed by atoms with E-state index in [0.717, 1.165) is 24.2 Å². The van der Waals surface area contributed by atoms with Gasteiger partial charge in [-0.25, -0.2) is 4.79 Å². The van der Waals surface area contributed by atoms with Crippen molar-refractivity contribution in [3.63, 3.8) is 0 Å². The largest absolute Gasteiger partial charge is 0.325 e. The number of urea groups is 1. The van der Waals surface area contributed by atoms with Crippen molar-refractivity contribution in [2.75, 3.05) is 6.54 Å². The van der Waals surface area contributed by atoms with Gasteiger partial charge in [0.25, 0.3) is 5.91 Å². The van der Waals surface area contributed by atoms with Crippen molar-refractivity contribution in [3.8, 4) is 0 Å². The number of ketones is 1. The quantitative estimate of drug-likeness (QED) is 0.752. The molecule has 94 valence electrons. The SMILES string of the molecule is CCC(=O)CN1C(=O)NC2(CCCCC2)C1=O. The van der Waals surface area contributed by atoms with Crippen LogP contribution in [0.5, 0.6) is 0 Å². The van der Waals surface area contributed by atoms with E-state index in [-0.39, 0.29) is 18.2 Å². The molecule has 17 heavy (non-hydrogen) atoms. The normalized spacial score (nSPS) is 23.0. The average molecular weight is 238 g/mol. The Morgan fingerprint density at radius 3 is 2.53 bits per heavy atom. The molecule has 2 aliphatic rings. The van der Waals surface area contributed by atoms with Gasteiger partial charge >= 0.3 is 6.03 Å². The van der Waals surface area contributed by atoms with Crippen molar-refractivity contribution in [3.05, 3.63) is 0 Å². The summed E-state index contributed by atoms with van der Waals surface area (Å²) in [4.78, 5) is 36.4. The van der Waals surface area contributed by atoms with Crippen LogP contribution in [0, 0.1) is 0 Å². The number of hydrogen-bond donors (Lipinski definition) is 1. The third-order valence-electron chi connectivity index (χ3n) is 3.68. The van der Waals surface area contributed by atoms with Crippen LogP contribution in [0.2, 0.25) is 0 Å². The van der Waals surface area contributed by atoms with Gasteiger partial charge in [0.2, 0.25) is 0 Å². The van der Waals surface area contributed by atoms with Crippen molar-refractivity contribution in [1.29, 1.82) is 0 Å². The first-order chi connectivity index (χ1) is 8.09. The zero-order chi connectivity index (χ0) is 12.5. The maximum absolute atomic E-state index is 12.2. The lowest BCUT2D eigenvalue weighted by Crippen LogP contribution is -2.48. The first-order valence-electron chi connectivity index (χ1n) is 6.25. The van der Waals surface area contributed by atoms with E-state index in [1.54, 1.807) is 6.92 Å². The van der Waals surface area contributed by atoms with Crippen LogP contribution < -0.4 is 5.32 Å². The summed E-state index contributed by atoms with van der Waals surface area (Å²) in [7, 11) is 0. The van der Waals surface area contributed by atoms with Crippen LogP contribution in [-0.4, -0.2) is 34.7 Å². The molecule has 0 aromatic carbocycles. The second-order valence-corrected chi connectivity index (χ2v) is 4.86. The Kier molecular flexibility index (Phi) is 3.17. The van der Waals surface area contributed by atoms with Crippen LogP contribution in [0.25, 0.3) is 0 Å². The Morgan fingerprint density at radius 1 is 1.29 bits per heavy atom. The van der Waals surface area contributed by atoms with Crippen molar-refractivity contribution in [1.82, 2.24) is 10.2 Å². The van der Waals surface area contributed by atoms with Crippen molar-refractivity contribution >= 4 is 17.7 Å². The molecule has 5 heteroatoms. The van der Waals surface area contributed by atoms with Gasteiger partial charge in [0.1, 0.15) is 5.54 Å². The highest BCUT2D eigenvalue weighted by Crippen LogP contribution is 2.33. The summed E-state index contributed by atoms with van der Waals surface area (Å²) in [6, 6.07) is -0.404. The lowest BCUT2D eigenvalue weighted by Gasteiger charge is -2.30. The molecule has 1 aliphatic heterocycles. The van der Waals surface area contributed by atoms with Gasteiger partial charge in [-0.15, -0.1) is 0 Å². The van der Waals surface area contributed by atoms with Gasteiger partial charge in [-0.2, -0.15) is 0 Å². The number of nitrogens with zero attached hydrogens (tertiary/aromatic N) is 1. The minimum Gasteiger partial charge on any atom is -0.323 e. The summed E-state index contributed by atoms with van der Waals surface area (Å²) in [5, 5.41) is 2.78. The number of carbonyl (C=O) groups is 3. The van der Waals surface area contributed by atoms with Gasteiger partial charge in [-0.05, 0) is 12.8 Å². The summed E-state index contributed by atoms with van der Waals surface area (Å²) in [6.07, 6.45) is 4.79. The molecule has 5 nitrogen and oxygen atoms in total. The maximum Gasteiger partial charge on any atom is 0.325 e. The molecule has 1 saturated carbocycles. The fourth-order valence-corrected chi connectivity index (χ4v) is 2.60. The first kappa shape index (κ1) is 12.1. The average Bonchev–Trinajstić information content (AvgIpc) is 2.55. The molecule has 3 amide bonds. The topological polar surface area (TPSA) is 66.5 Å². The summed E-state index contributed by atoms with van der Waals surface area (Å²) < 4.78 is 0. The van der Waals surface area contributed by atoms with Crippen molar-refractivity contribution < 1.29 is 14.4 Å². The van der Waals surface area contributed by atoms with Gasteiger partial charge in [0, 0.05) is 6.42 Å². The molecule has 1 spiro atoms. The van der Waals surface area contributed by atoms with E-state index in [2.05, 4.69) is 5.32 Å². The number of amides is 3. The highest BCUT2D eigenvalue weighted by molar-refractivity contribution is 6.09. The van der Waals surface area contributed by atoms with E-state index >= 15 is 0 Å². The van der Waals surface area contributed by atoms with Crippen LogP contribution in [0.15, 0.2) is 0 Å². The predicted molar refractivity (Wildman–Crippen MR) is 61.4 cm³/mol. The zero-order valence-corrected chi connectivity index (χ0v) is 10.1. The standard InChI is InChI=1S/C12H18N2O3/c1-2-9(15)8-14-10(16)12(13-11(14)17)6-4-3-5-7-12/h2-8H2,1H3,(H,13,17). The molecule has 2 rings (SSSR count). The van der Waals surface area contributed by atoms with Gasteiger partial charge in [-0.3, -0.25) is 14.5 Å². The predicted octanol–water partition coefficient (Wildman–Crippen LogP) is 1.22. The fraction of sp³-hybridized carbons (Fsp3) is 0.750. The minimum atomic E-state index is -0.705. The van der Waals surface area contributed by atoms with Crippen molar-refractivity contribution in [2.45, 2.75) is 51.0 Å². The fourth-order valence-electron chi connectivity index (χ4n) is 2.60. The Labute approximate surface area is 101 Å². The molecule has 0 aromatic rings. The lowest BCUT2D eigenvalue weighted by molar-refractivity contribution is -0.135. The molecule has 0 bridgehead atoms. The molecule has 1 N–H and O–H groups in total. The van der Waals surface area contributed by atoms with Crippen LogP contribution in [0.4, 0.5) is 4.79 Å². The number of Topliss-reactive ketones (excluding diaryl/α,β-unsaturated/α-hetero) is 1. The van der Waals surface area contributed by atoms with E-state index in [4.69, 9.17) is 0 Å². The van der Waals surface area contributed by atoms with Gasteiger partial charge in [0.15, 0.2) is 5.78 Å². The van der Waals surface area contributed by atoms with Gasteiger partial charge < -0.3 is 5.32 Å². The van der Waals surface area contributed by atoms with Gasteiger partial charge in [0.05, 0.1) is 6.54 Å². The Morgan fingerprint density at radius 2 is 1.94 bits per heavy atom. The first-order valence-corrected chi connectivity index (χ1v) is 6.25. The maximum atomic E-state index is 12.2. The molecule has 0 unspecified atom stereocenters. The van der Waals surface area contributed by atoms with Crippen LogP contribution in [-0.2, 0) is 9.59 Å². The zero-order valence-electron chi connectivity index (χ0n) is 10.1. The summed E-state index contributed by atoms with van der Waals surface area (Å²) >= 11 is 0. The van der Waals surface area contributed by atoms with Crippen LogP contribution in [0.3, 0.4) is 0 Å². The van der Waals surface area contributed by atoms with E-state index in [0.29, 0.717) is 19.3 Å². The smallest absolute Gasteiger partial charge is 0.323 e. The molecular weight excluding hydrogens is 220 g/mol.